The third-order valence-electron chi connectivity index (χ3n) is 2.97. The van der Waals surface area contributed by atoms with E-state index in [4.69, 9.17) is 17.3 Å². The van der Waals surface area contributed by atoms with Crippen LogP contribution in [0.4, 0.5) is 10.3 Å². The van der Waals surface area contributed by atoms with Crippen molar-refractivity contribution in [3.63, 3.8) is 0 Å². The largest absolute Gasteiger partial charge is 0.369 e. The van der Waals surface area contributed by atoms with E-state index in [-0.39, 0.29) is 11.8 Å². The number of aromatic nitrogens is 3. The Bertz CT molecular complexity index is 831. The fourth-order valence-corrected chi connectivity index (χ4v) is 2.56. The smallest absolute Gasteiger partial charge is 0.207 e. The normalized spacial score (nSPS) is 11.2. The van der Waals surface area contributed by atoms with Crippen molar-refractivity contribution in [1.29, 1.82) is 0 Å². The molecule has 0 bridgehead atoms. The lowest BCUT2D eigenvalue weighted by molar-refractivity contribution is 0.619. The lowest BCUT2D eigenvalue weighted by Gasteiger charge is -2.10. The molecule has 0 aliphatic carbocycles. The zero-order chi connectivity index (χ0) is 14.4. The minimum atomic E-state index is -0.328. The minimum absolute atomic E-state index is 0.274. The van der Waals surface area contributed by atoms with E-state index < -0.39 is 0 Å². The number of aryl methyl sites for hydroxylation is 1. The maximum absolute atomic E-state index is 13.5. The Hall–Kier alpha value is -1.66. The Labute approximate surface area is 127 Å². The fraction of sp³-hybridized carbons (Fsp3) is 0.0769. The quantitative estimate of drug-likeness (QED) is 0.721. The highest BCUT2D eigenvalue weighted by atomic mass is 79.9. The van der Waals surface area contributed by atoms with Gasteiger partial charge in [0.15, 0.2) is 5.65 Å². The van der Waals surface area contributed by atoms with Crippen LogP contribution in [-0.4, -0.2) is 14.5 Å². The topological polar surface area (TPSA) is 56.7 Å². The number of rotatable bonds is 1. The predicted molar refractivity (Wildman–Crippen MR) is 80.7 cm³/mol. The third-order valence-corrected chi connectivity index (χ3v) is 3.78. The molecule has 0 spiro atoms. The Morgan fingerprint density at radius 3 is 2.85 bits per heavy atom. The first kappa shape index (κ1) is 13.3. The number of hydrogen-bond donors (Lipinski definition) is 1. The van der Waals surface area contributed by atoms with Gasteiger partial charge in [-0.15, -0.1) is 0 Å². The van der Waals surface area contributed by atoms with Gasteiger partial charge >= 0.3 is 0 Å². The summed E-state index contributed by atoms with van der Waals surface area (Å²) in [5.74, 6) is -0.0541. The molecular weight excluding hydrogens is 347 g/mol. The molecule has 102 valence electrons. The second kappa shape index (κ2) is 4.71. The number of fused-ring (bicyclic) bond motifs is 1. The van der Waals surface area contributed by atoms with Gasteiger partial charge in [0.1, 0.15) is 11.3 Å². The highest BCUT2D eigenvalue weighted by Crippen LogP contribution is 2.28. The van der Waals surface area contributed by atoms with Crippen LogP contribution in [0, 0.1) is 12.7 Å². The van der Waals surface area contributed by atoms with E-state index in [0.717, 1.165) is 5.56 Å². The molecule has 3 rings (SSSR count). The molecule has 0 aliphatic heterocycles. The Morgan fingerprint density at radius 1 is 1.35 bits per heavy atom. The Balaban J connectivity index is 2.35. The summed E-state index contributed by atoms with van der Waals surface area (Å²) in [5, 5.41) is 0.485. The molecule has 0 aliphatic rings. The molecule has 3 aromatic rings. The van der Waals surface area contributed by atoms with Crippen LogP contribution in [-0.2, 0) is 0 Å². The summed E-state index contributed by atoms with van der Waals surface area (Å²) in [7, 11) is 0. The molecule has 7 heteroatoms. The van der Waals surface area contributed by atoms with Crippen molar-refractivity contribution in [3.05, 3.63) is 45.3 Å². The Morgan fingerprint density at radius 2 is 2.10 bits per heavy atom. The van der Waals surface area contributed by atoms with Gasteiger partial charge in [-0.05, 0) is 46.6 Å². The molecule has 0 radical (unpaired) electrons. The number of benzene rings is 1. The van der Waals surface area contributed by atoms with Gasteiger partial charge in [-0.2, -0.15) is 0 Å². The lowest BCUT2D eigenvalue weighted by atomic mass is 10.2. The van der Waals surface area contributed by atoms with Crippen molar-refractivity contribution in [2.24, 2.45) is 0 Å². The van der Waals surface area contributed by atoms with Crippen LogP contribution >= 0.6 is 27.5 Å². The van der Waals surface area contributed by atoms with Crippen LogP contribution in [0.5, 0.6) is 0 Å². The van der Waals surface area contributed by atoms with E-state index >= 15 is 0 Å². The number of hydrogen-bond acceptors (Lipinski definition) is 3. The number of halogens is 3. The molecule has 2 aromatic heterocycles. The van der Waals surface area contributed by atoms with E-state index in [9.17, 15) is 4.39 Å². The van der Waals surface area contributed by atoms with Crippen LogP contribution in [0.3, 0.4) is 0 Å². The van der Waals surface area contributed by atoms with Crippen molar-refractivity contribution < 1.29 is 4.39 Å². The Kier molecular flexibility index (Phi) is 3.14. The van der Waals surface area contributed by atoms with Crippen LogP contribution in [0.25, 0.3) is 16.9 Å². The van der Waals surface area contributed by atoms with Crippen LogP contribution in [0.1, 0.15) is 5.56 Å². The lowest BCUT2D eigenvalue weighted by Crippen LogP contribution is -2.04. The van der Waals surface area contributed by atoms with Gasteiger partial charge in [-0.1, -0.05) is 11.6 Å². The first-order valence-electron chi connectivity index (χ1n) is 5.73. The molecular formula is C13H9BrClFN4. The molecule has 1 aromatic carbocycles. The maximum atomic E-state index is 13.5. The van der Waals surface area contributed by atoms with Crippen LogP contribution in [0.15, 0.2) is 28.9 Å². The van der Waals surface area contributed by atoms with Crippen molar-refractivity contribution in [1.82, 2.24) is 14.5 Å². The average Bonchev–Trinajstić information content (AvgIpc) is 2.69. The fourth-order valence-electron chi connectivity index (χ4n) is 2.07. The molecule has 0 amide bonds. The van der Waals surface area contributed by atoms with E-state index in [2.05, 4.69) is 25.9 Å². The number of nitrogen functional groups attached to an aromatic ring is 1. The number of pyridine rings is 1. The van der Waals surface area contributed by atoms with Gasteiger partial charge in [0.25, 0.3) is 0 Å². The maximum Gasteiger partial charge on any atom is 0.207 e. The van der Waals surface area contributed by atoms with Gasteiger partial charge in [0.2, 0.25) is 5.95 Å². The minimum Gasteiger partial charge on any atom is -0.369 e. The summed E-state index contributed by atoms with van der Waals surface area (Å²) in [6.07, 6.45) is 1.52. The first-order chi connectivity index (χ1) is 9.47. The molecule has 0 saturated heterocycles. The number of nitrogens with two attached hydrogens (primary N) is 1. The third kappa shape index (κ3) is 2.05. The van der Waals surface area contributed by atoms with Gasteiger partial charge < -0.3 is 5.73 Å². The summed E-state index contributed by atoms with van der Waals surface area (Å²) >= 11 is 9.07. The van der Waals surface area contributed by atoms with Gasteiger partial charge in [0.05, 0.1) is 15.2 Å². The van der Waals surface area contributed by atoms with Crippen molar-refractivity contribution in [2.45, 2.75) is 6.92 Å². The zero-order valence-electron chi connectivity index (χ0n) is 10.4. The molecule has 2 heterocycles. The molecule has 0 fully saturated rings. The second-order valence-electron chi connectivity index (χ2n) is 4.35. The van der Waals surface area contributed by atoms with E-state index in [0.29, 0.717) is 26.3 Å². The van der Waals surface area contributed by atoms with Crippen molar-refractivity contribution in [2.75, 3.05) is 5.73 Å². The van der Waals surface area contributed by atoms with Gasteiger partial charge in [0, 0.05) is 6.20 Å². The van der Waals surface area contributed by atoms with Crippen LogP contribution in [0.2, 0.25) is 5.02 Å². The van der Waals surface area contributed by atoms with E-state index in [1.807, 2.05) is 0 Å². The second-order valence-corrected chi connectivity index (χ2v) is 5.65. The molecule has 0 atom stereocenters. The predicted octanol–water partition coefficient (Wildman–Crippen LogP) is 3.87. The first-order valence-corrected chi connectivity index (χ1v) is 6.90. The van der Waals surface area contributed by atoms with Gasteiger partial charge in [-0.3, -0.25) is 4.57 Å². The number of anilines is 1. The standard InChI is InChI=1S/C13H9BrClFN4/c1-6-2-9(16)8(14)4-11(6)20-12-10(19-13(20)17)3-7(15)5-18-12/h2-5H,1H3,(H2,17,19). The van der Waals surface area contributed by atoms with Crippen LogP contribution < -0.4 is 5.73 Å². The SMILES string of the molecule is Cc1cc(F)c(Br)cc1-n1c(N)nc2cc(Cl)cnc21. The molecule has 0 saturated carbocycles. The summed E-state index contributed by atoms with van der Waals surface area (Å²) in [5.41, 5.74) is 8.57. The summed E-state index contributed by atoms with van der Waals surface area (Å²) in [6, 6.07) is 4.77. The highest BCUT2D eigenvalue weighted by molar-refractivity contribution is 9.10. The summed E-state index contributed by atoms with van der Waals surface area (Å²) in [6.45, 7) is 1.80. The van der Waals surface area contributed by atoms with Crippen molar-refractivity contribution in [3.8, 4) is 5.69 Å². The number of imidazole rings is 1. The molecule has 20 heavy (non-hydrogen) atoms. The van der Waals surface area contributed by atoms with E-state index in [1.165, 1.54) is 12.3 Å². The zero-order valence-corrected chi connectivity index (χ0v) is 12.7. The number of nitrogens with zero attached hydrogens (tertiary/aromatic N) is 3. The highest BCUT2D eigenvalue weighted by Gasteiger charge is 2.15. The van der Waals surface area contributed by atoms with E-state index in [1.54, 1.807) is 23.6 Å². The summed E-state index contributed by atoms with van der Waals surface area (Å²) in [4.78, 5) is 8.48. The monoisotopic (exact) mass is 354 g/mol. The summed E-state index contributed by atoms with van der Waals surface area (Å²) < 4.78 is 15.6. The van der Waals surface area contributed by atoms with Crippen molar-refractivity contribution >= 4 is 44.6 Å². The van der Waals surface area contributed by atoms with Gasteiger partial charge in [-0.25, -0.2) is 14.4 Å². The molecule has 2 N–H and O–H groups in total. The molecule has 0 unspecified atom stereocenters. The molecule has 4 nitrogen and oxygen atoms in total. The average molecular weight is 356 g/mol.